The van der Waals surface area contributed by atoms with Crippen LogP contribution in [0.5, 0.6) is 0 Å². The molecule has 1 saturated carbocycles. The van der Waals surface area contributed by atoms with E-state index in [9.17, 15) is 13.2 Å². The fourth-order valence-corrected chi connectivity index (χ4v) is 5.02. The van der Waals surface area contributed by atoms with Gasteiger partial charge in [-0.15, -0.1) is 0 Å². The third-order valence-corrected chi connectivity index (χ3v) is 6.97. The van der Waals surface area contributed by atoms with Crippen molar-refractivity contribution < 1.29 is 13.2 Å². The van der Waals surface area contributed by atoms with Crippen molar-refractivity contribution in [2.24, 2.45) is 5.92 Å². The van der Waals surface area contributed by atoms with Crippen LogP contribution in [0, 0.1) is 24.5 Å². The monoisotopic (exact) mass is 430 g/mol. The second-order valence-electron chi connectivity index (χ2n) is 9.40. The highest BCUT2D eigenvalue weighted by molar-refractivity contribution is 5.65. The van der Waals surface area contributed by atoms with Crippen molar-refractivity contribution in [1.82, 2.24) is 0 Å². The van der Waals surface area contributed by atoms with Gasteiger partial charge in [0.25, 0.3) is 0 Å². The van der Waals surface area contributed by atoms with Crippen LogP contribution in [0.1, 0.15) is 94.1 Å². The zero-order chi connectivity index (χ0) is 22.1. The van der Waals surface area contributed by atoms with E-state index >= 15 is 0 Å². The van der Waals surface area contributed by atoms with Crippen molar-refractivity contribution in [3.05, 3.63) is 59.2 Å². The molecule has 0 N–H and O–H groups in total. The zero-order valence-electron chi connectivity index (χ0n) is 18.9. The number of halogens is 3. The summed E-state index contributed by atoms with van der Waals surface area (Å²) < 4.78 is 41.7. The molecule has 0 nitrogen and oxygen atoms in total. The Kier molecular flexibility index (Phi) is 9.49. The number of benzene rings is 2. The van der Waals surface area contributed by atoms with Crippen molar-refractivity contribution in [2.75, 3.05) is 6.67 Å². The molecule has 0 atom stereocenters. The Morgan fingerprint density at radius 3 is 1.87 bits per heavy atom. The fraction of sp³-hybridized carbons (Fsp3) is 0.571. The summed E-state index contributed by atoms with van der Waals surface area (Å²) in [5, 5.41) is 0. The summed E-state index contributed by atoms with van der Waals surface area (Å²) in [5.74, 6) is 0.118. The van der Waals surface area contributed by atoms with Gasteiger partial charge in [-0.05, 0) is 74.1 Å². The highest BCUT2D eigenvalue weighted by Crippen LogP contribution is 2.39. The summed E-state index contributed by atoms with van der Waals surface area (Å²) in [6.07, 6.45) is 13.5. The molecule has 0 bridgehead atoms. The molecule has 2 aromatic carbocycles. The summed E-state index contributed by atoms with van der Waals surface area (Å²) in [7, 11) is 0. The van der Waals surface area contributed by atoms with Gasteiger partial charge >= 0.3 is 0 Å². The Labute approximate surface area is 186 Å². The second-order valence-corrected chi connectivity index (χ2v) is 9.40. The Hall–Kier alpha value is -1.77. The van der Waals surface area contributed by atoms with E-state index < -0.39 is 11.6 Å². The molecule has 0 radical (unpaired) electrons. The van der Waals surface area contributed by atoms with Crippen molar-refractivity contribution >= 4 is 0 Å². The van der Waals surface area contributed by atoms with Gasteiger partial charge < -0.3 is 0 Å². The van der Waals surface area contributed by atoms with Gasteiger partial charge in [0.2, 0.25) is 0 Å². The number of alkyl halides is 1. The van der Waals surface area contributed by atoms with Gasteiger partial charge in [0.1, 0.15) is 11.6 Å². The zero-order valence-corrected chi connectivity index (χ0v) is 18.9. The van der Waals surface area contributed by atoms with Crippen LogP contribution in [0.4, 0.5) is 13.2 Å². The molecule has 0 amide bonds. The van der Waals surface area contributed by atoms with Crippen molar-refractivity contribution in [3.63, 3.8) is 0 Å². The first kappa shape index (κ1) is 23.9. The van der Waals surface area contributed by atoms with Gasteiger partial charge in [-0.3, -0.25) is 4.39 Å². The van der Waals surface area contributed by atoms with Gasteiger partial charge in [-0.25, -0.2) is 8.78 Å². The molecular formula is C28H37F3. The van der Waals surface area contributed by atoms with E-state index in [1.807, 2.05) is 19.1 Å². The summed E-state index contributed by atoms with van der Waals surface area (Å²) in [4.78, 5) is 0. The molecule has 3 rings (SSSR count). The molecule has 0 aromatic heterocycles. The van der Waals surface area contributed by atoms with Gasteiger partial charge in [0.15, 0.2) is 0 Å². The lowest BCUT2D eigenvalue weighted by atomic mass is 9.76. The summed E-state index contributed by atoms with van der Waals surface area (Å²) >= 11 is 0. The normalized spacial score (nSPS) is 19.0. The molecule has 0 heterocycles. The number of rotatable bonds is 11. The minimum atomic E-state index is -0.451. The summed E-state index contributed by atoms with van der Waals surface area (Å²) in [5.41, 5.74) is 2.57. The maximum absolute atomic E-state index is 14.8. The molecule has 170 valence electrons. The van der Waals surface area contributed by atoms with Crippen LogP contribution < -0.4 is 0 Å². The van der Waals surface area contributed by atoms with Crippen LogP contribution in [-0.2, 0) is 0 Å². The third-order valence-electron chi connectivity index (χ3n) is 6.97. The van der Waals surface area contributed by atoms with E-state index in [-0.39, 0.29) is 18.2 Å². The van der Waals surface area contributed by atoms with Crippen molar-refractivity contribution in [3.8, 4) is 11.1 Å². The first-order valence-corrected chi connectivity index (χ1v) is 12.2. The van der Waals surface area contributed by atoms with Gasteiger partial charge in [-0.1, -0.05) is 74.8 Å². The Morgan fingerprint density at radius 1 is 0.742 bits per heavy atom. The molecule has 0 aliphatic heterocycles. The van der Waals surface area contributed by atoms with Gasteiger partial charge in [0, 0.05) is 0 Å². The largest absolute Gasteiger partial charge is 0.251 e. The fourth-order valence-electron chi connectivity index (χ4n) is 5.02. The van der Waals surface area contributed by atoms with E-state index in [1.54, 1.807) is 24.3 Å². The number of aryl methyl sites for hydroxylation is 1. The molecular weight excluding hydrogens is 393 g/mol. The van der Waals surface area contributed by atoms with E-state index in [2.05, 4.69) is 0 Å². The van der Waals surface area contributed by atoms with Crippen molar-refractivity contribution in [1.29, 1.82) is 0 Å². The van der Waals surface area contributed by atoms with E-state index in [1.165, 1.54) is 32.1 Å². The van der Waals surface area contributed by atoms with E-state index in [0.29, 0.717) is 12.0 Å². The van der Waals surface area contributed by atoms with Crippen LogP contribution in [0.15, 0.2) is 36.4 Å². The maximum Gasteiger partial charge on any atom is 0.134 e. The standard InChI is InChI=1S/C28H37F3/c1-21-10-14-24(15-11-21)28-26(30)19-25(20-27(28)31)23-16-12-22(13-17-23)9-7-5-3-2-4-6-8-18-29/h10-11,14-15,19-20,22-23H,2-9,12-13,16-18H2,1H3. The number of hydrogen-bond acceptors (Lipinski definition) is 0. The lowest BCUT2D eigenvalue weighted by Crippen LogP contribution is -2.14. The highest BCUT2D eigenvalue weighted by Gasteiger charge is 2.24. The van der Waals surface area contributed by atoms with Crippen LogP contribution >= 0.6 is 0 Å². The van der Waals surface area contributed by atoms with Crippen LogP contribution in [-0.4, -0.2) is 6.67 Å². The molecule has 2 aromatic rings. The van der Waals surface area contributed by atoms with Crippen LogP contribution in [0.25, 0.3) is 11.1 Å². The Bertz CT molecular complexity index is 765. The van der Waals surface area contributed by atoms with E-state index in [4.69, 9.17) is 0 Å². The van der Waals surface area contributed by atoms with Crippen LogP contribution in [0.2, 0.25) is 0 Å². The molecule has 3 heteroatoms. The number of hydrogen-bond donors (Lipinski definition) is 0. The lowest BCUT2D eigenvalue weighted by molar-refractivity contribution is 0.301. The molecule has 0 spiro atoms. The SMILES string of the molecule is Cc1ccc(-c2c(F)cc(C3CCC(CCCCCCCCCF)CC3)cc2F)cc1. The minimum absolute atomic E-state index is 0.0853. The van der Waals surface area contributed by atoms with Crippen molar-refractivity contribution in [2.45, 2.75) is 89.9 Å². The summed E-state index contributed by atoms with van der Waals surface area (Å²) in [6, 6.07) is 10.5. The average Bonchev–Trinajstić information content (AvgIpc) is 2.77. The van der Waals surface area contributed by atoms with Crippen LogP contribution in [0.3, 0.4) is 0 Å². The van der Waals surface area contributed by atoms with E-state index in [0.717, 1.165) is 55.6 Å². The first-order chi connectivity index (χ1) is 15.1. The maximum atomic E-state index is 14.8. The quantitative estimate of drug-likeness (QED) is 0.312. The second kappa shape index (κ2) is 12.3. The number of unbranched alkanes of at least 4 members (excludes halogenated alkanes) is 6. The minimum Gasteiger partial charge on any atom is -0.251 e. The molecule has 1 aliphatic rings. The third kappa shape index (κ3) is 7.12. The summed E-state index contributed by atoms with van der Waals surface area (Å²) in [6.45, 7) is 1.78. The molecule has 0 saturated heterocycles. The van der Waals surface area contributed by atoms with Gasteiger partial charge in [0.05, 0.1) is 12.2 Å². The molecule has 31 heavy (non-hydrogen) atoms. The topological polar surface area (TPSA) is 0 Å². The highest BCUT2D eigenvalue weighted by atomic mass is 19.1. The predicted molar refractivity (Wildman–Crippen MR) is 124 cm³/mol. The Morgan fingerprint density at radius 2 is 1.29 bits per heavy atom. The Balaban J connectivity index is 1.45. The average molecular weight is 431 g/mol. The molecule has 1 aliphatic carbocycles. The lowest BCUT2D eigenvalue weighted by Gasteiger charge is -2.29. The smallest absolute Gasteiger partial charge is 0.134 e. The first-order valence-electron chi connectivity index (χ1n) is 12.2. The molecule has 0 unspecified atom stereocenters. The molecule has 1 fully saturated rings. The van der Waals surface area contributed by atoms with Gasteiger partial charge in [-0.2, -0.15) is 0 Å². The predicted octanol–water partition coefficient (Wildman–Crippen LogP) is 9.30.